The van der Waals surface area contributed by atoms with E-state index in [-0.39, 0.29) is 18.4 Å². The number of amides is 2. The van der Waals surface area contributed by atoms with E-state index in [4.69, 9.17) is 4.74 Å². The van der Waals surface area contributed by atoms with Gasteiger partial charge in [-0.1, -0.05) is 83.1 Å². The van der Waals surface area contributed by atoms with Crippen LogP contribution in [-0.4, -0.2) is 41.8 Å². The molecule has 0 aliphatic heterocycles. The number of rotatable bonds is 8. The zero-order valence-corrected chi connectivity index (χ0v) is 21.3. The summed E-state index contributed by atoms with van der Waals surface area (Å²) in [6.07, 6.45) is -0.687. The van der Waals surface area contributed by atoms with E-state index >= 15 is 0 Å². The molecule has 0 radical (unpaired) electrons. The standard InChI is InChI=1S/C28H36N2O5/c1-16(2)23(26(32)33)17(3)29-25(31)24(28(4,5)6)30-27(34)35-15-22-20-13-9-7-11-18(20)19-12-8-10-14-21(19)22/h7-14,16-17,22-24H,15H2,1-6H3,(H,29,31)(H,30,34)(H,32,33). The van der Waals surface area contributed by atoms with Gasteiger partial charge in [-0.3, -0.25) is 9.59 Å². The van der Waals surface area contributed by atoms with E-state index in [1.54, 1.807) is 20.8 Å². The first kappa shape index (κ1) is 26.3. The van der Waals surface area contributed by atoms with Gasteiger partial charge in [-0.15, -0.1) is 0 Å². The summed E-state index contributed by atoms with van der Waals surface area (Å²) < 4.78 is 5.62. The molecule has 2 amide bonds. The van der Waals surface area contributed by atoms with Crippen LogP contribution < -0.4 is 10.6 Å². The number of hydrogen-bond acceptors (Lipinski definition) is 4. The molecule has 3 unspecified atom stereocenters. The summed E-state index contributed by atoms with van der Waals surface area (Å²) in [5, 5.41) is 15.0. The van der Waals surface area contributed by atoms with Crippen molar-refractivity contribution < 1.29 is 24.2 Å². The molecule has 7 heteroatoms. The van der Waals surface area contributed by atoms with Gasteiger partial charge in [-0.2, -0.15) is 0 Å². The summed E-state index contributed by atoms with van der Waals surface area (Å²) in [6, 6.07) is 14.6. The summed E-state index contributed by atoms with van der Waals surface area (Å²) in [4.78, 5) is 37.6. The fourth-order valence-electron chi connectivity index (χ4n) is 4.91. The normalized spacial score (nSPS) is 15.5. The van der Waals surface area contributed by atoms with E-state index in [9.17, 15) is 19.5 Å². The number of alkyl carbamates (subject to hydrolysis) is 1. The molecule has 0 bridgehead atoms. The van der Waals surface area contributed by atoms with E-state index in [1.807, 2.05) is 57.2 Å². The van der Waals surface area contributed by atoms with Crippen LogP contribution in [0.25, 0.3) is 11.1 Å². The molecule has 3 atom stereocenters. The maximum Gasteiger partial charge on any atom is 0.407 e. The van der Waals surface area contributed by atoms with Gasteiger partial charge in [0.1, 0.15) is 12.6 Å². The number of carbonyl (C=O) groups is 3. The number of hydrogen-bond donors (Lipinski definition) is 3. The number of benzene rings is 2. The predicted molar refractivity (Wildman–Crippen MR) is 135 cm³/mol. The summed E-state index contributed by atoms with van der Waals surface area (Å²) in [5.41, 5.74) is 3.86. The Bertz CT molecular complexity index is 1040. The Morgan fingerprint density at radius 3 is 1.89 bits per heavy atom. The number of carbonyl (C=O) groups excluding carboxylic acids is 2. The first-order valence-electron chi connectivity index (χ1n) is 12.1. The molecule has 1 aliphatic carbocycles. The minimum absolute atomic E-state index is 0.0857. The van der Waals surface area contributed by atoms with Crippen LogP contribution in [0.1, 0.15) is 58.6 Å². The molecule has 2 aromatic rings. The van der Waals surface area contributed by atoms with E-state index in [1.165, 1.54) is 0 Å². The molecule has 188 valence electrons. The molecule has 7 nitrogen and oxygen atoms in total. The average molecular weight is 481 g/mol. The van der Waals surface area contributed by atoms with Crippen molar-refractivity contribution in [3.05, 3.63) is 59.7 Å². The average Bonchev–Trinajstić information content (AvgIpc) is 3.08. The van der Waals surface area contributed by atoms with Gasteiger partial charge in [0.15, 0.2) is 0 Å². The summed E-state index contributed by atoms with van der Waals surface area (Å²) in [6.45, 7) is 10.9. The van der Waals surface area contributed by atoms with Crippen LogP contribution in [0.4, 0.5) is 4.79 Å². The maximum absolute atomic E-state index is 13.1. The van der Waals surface area contributed by atoms with Crippen LogP contribution in [-0.2, 0) is 14.3 Å². The Kier molecular flexibility index (Phi) is 7.88. The lowest BCUT2D eigenvalue weighted by molar-refractivity contribution is -0.144. The first-order chi connectivity index (χ1) is 16.4. The van der Waals surface area contributed by atoms with Gasteiger partial charge in [0.25, 0.3) is 0 Å². The maximum atomic E-state index is 13.1. The monoisotopic (exact) mass is 480 g/mol. The molecule has 0 aromatic heterocycles. The highest BCUT2D eigenvalue weighted by atomic mass is 16.5. The zero-order valence-electron chi connectivity index (χ0n) is 21.3. The molecule has 3 N–H and O–H groups in total. The highest BCUT2D eigenvalue weighted by Crippen LogP contribution is 2.44. The quantitative estimate of drug-likeness (QED) is 0.503. The second-order valence-corrected chi connectivity index (χ2v) is 10.7. The number of carboxylic acids is 1. The minimum Gasteiger partial charge on any atom is -0.481 e. The molecule has 35 heavy (non-hydrogen) atoms. The van der Waals surface area contributed by atoms with E-state index < -0.39 is 41.4 Å². The van der Waals surface area contributed by atoms with Crippen molar-refractivity contribution in [2.24, 2.45) is 17.3 Å². The molecule has 0 heterocycles. The Morgan fingerprint density at radius 2 is 1.43 bits per heavy atom. The zero-order chi connectivity index (χ0) is 25.9. The molecule has 0 fully saturated rings. The van der Waals surface area contributed by atoms with Crippen LogP contribution in [0.3, 0.4) is 0 Å². The third-order valence-corrected chi connectivity index (χ3v) is 6.65. The molecule has 0 saturated carbocycles. The number of aliphatic carboxylic acids is 1. The van der Waals surface area contributed by atoms with Crippen molar-refractivity contribution >= 4 is 18.0 Å². The first-order valence-corrected chi connectivity index (χ1v) is 12.1. The fourth-order valence-corrected chi connectivity index (χ4v) is 4.91. The lowest BCUT2D eigenvalue weighted by atomic mass is 9.85. The minimum atomic E-state index is -0.968. The molecular weight excluding hydrogens is 444 g/mol. The van der Waals surface area contributed by atoms with Crippen LogP contribution in [0.15, 0.2) is 48.5 Å². The Morgan fingerprint density at radius 1 is 0.914 bits per heavy atom. The van der Waals surface area contributed by atoms with Crippen molar-refractivity contribution in [2.45, 2.75) is 59.5 Å². The Balaban J connectivity index is 1.69. The van der Waals surface area contributed by atoms with E-state index in [0.29, 0.717) is 0 Å². The number of nitrogens with one attached hydrogen (secondary N) is 2. The highest BCUT2D eigenvalue weighted by Gasteiger charge is 2.37. The molecule has 0 saturated heterocycles. The smallest absolute Gasteiger partial charge is 0.407 e. The molecule has 1 aliphatic rings. The van der Waals surface area contributed by atoms with Gasteiger partial charge in [0.2, 0.25) is 5.91 Å². The van der Waals surface area contributed by atoms with Gasteiger partial charge >= 0.3 is 12.1 Å². The molecule has 2 aromatic carbocycles. The topological polar surface area (TPSA) is 105 Å². The third kappa shape index (κ3) is 5.84. The van der Waals surface area contributed by atoms with Gasteiger partial charge in [-0.25, -0.2) is 4.79 Å². The van der Waals surface area contributed by atoms with Crippen LogP contribution in [0, 0.1) is 17.3 Å². The van der Waals surface area contributed by atoms with Gasteiger partial charge in [-0.05, 0) is 40.5 Å². The van der Waals surface area contributed by atoms with Crippen LogP contribution in [0.2, 0.25) is 0 Å². The van der Waals surface area contributed by atoms with Crippen molar-refractivity contribution in [1.29, 1.82) is 0 Å². The summed E-state index contributed by atoms with van der Waals surface area (Å²) >= 11 is 0. The molecule has 0 spiro atoms. The highest BCUT2D eigenvalue weighted by molar-refractivity contribution is 5.87. The third-order valence-electron chi connectivity index (χ3n) is 6.65. The van der Waals surface area contributed by atoms with Crippen molar-refractivity contribution in [2.75, 3.05) is 6.61 Å². The lowest BCUT2D eigenvalue weighted by Gasteiger charge is -2.32. The van der Waals surface area contributed by atoms with Gasteiger partial charge in [0, 0.05) is 12.0 Å². The fraction of sp³-hybridized carbons (Fsp3) is 0.464. The van der Waals surface area contributed by atoms with Gasteiger partial charge in [0.05, 0.1) is 5.92 Å². The number of fused-ring (bicyclic) bond motifs is 3. The second kappa shape index (κ2) is 10.5. The van der Waals surface area contributed by atoms with Crippen molar-refractivity contribution in [1.82, 2.24) is 10.6 Å². The second-order valence-electron chi connectivity index (χ2n) is 10.7. The summed E-state index contributed by atoms with van der Waals surface area (Å²) in [7, 11) is 0. The number of carboxylic acid groups (broad SMARTS) is 1. The largest absolute Gasteiger partial charge is 0.481 e. The summed E-state index contributed by atoms with van der Waals surface area (Å²) in [5.74, 6) is -2.40. The van der Waals surface area contributed by atoms with E-state index in [0.717, 1.165) is 22.3 Å². The van der Waals surface area contributed by atoms with Gasteiger partial charge < -0.3 is 20.5 Å². The Hall–Kier alpha value is -3.35. The van der Waals surface area contributed by atoms with E-state index in [2.05, 4.69) is 22.8 Å². The SMILES string of the molecule is CC(C)C(C(=O)O)C(C)NC(=O)C(NC(=O)OCC1c2ccccc2-c2ccccc21)C(C)(C)C. The molecule has 3 rings (SSSR count). The van der Waals surface area contributed by atoms with Crippen LogP contribution in [0.5, 0.6) is 0 Å². The van der Waals surface area contributed by atoms with Crippen molar-refractivity contribution in [3.63, 3.8) is 0 Å². The Labute approximate surface area is 207 Å². The lowest BCUT2D eigenvalue weighted by Crippen LogP contribution is -2.57. The van der Waals surface area contributed by atoms with Crippen LogP contribution >= 0.6 is 0 Å². The molecular formula is C28H36N2O5. The predicted octanol–water partition coefficient (Wildman–Crippen LogP) is 4.80. The number of ether oxygens (including phenoxy) is 1. The van der Waals surface area contributed by atoms with Crippen molar-refractivity contribution in [3.8, 4) is 11.1 Å².